The third-order valence-electron chi connectivity index (χ3n) is 7.18. The number of Topliss-reactive ketones (excluding diaryl/α,β-unsaturated/α-hetero) is 2. The molecule has 0 radical (unpaired) electrons. The Balaban J connectivity index is 1.78. The molecule has 3 aliphatic carbocycles. The molecule has 0 saturated heterocycles. The summed E-state index contributed by atoms with van der Waals surface area (Å²) < 4.78 is 27.2. The number of fused-ring (bicyclic) bond motifs is 1. The van der Waals surface area contributed by atoms with Gasteiger partial charge in [-0.25, -0.2) is 13.2 Å². The number of carbonyl (C=O) groups excluding carboxylic acids is 2. The third kappa shape index (κ3) is 3.17. The van der Waals surface area contributed by atoms with Crippen LogP contribution in [0.3, 0.4) is 0 Å². The molecule has 2 unspecified atom stereocenters. The lowest BCUT2D eigenvalue weighted by molar-refractivity contribution is -0.134. The number of hydrogen-bond acceptors (Lipinski definition) is 7. The molecule has 172 valence electrons. The molecule has 8 nitrogen and oxygen atoms in total. The monoisotopic (exact) mass is 482 g/mol. The van der Waals surface area contributed by atoms with E-state index in [1.807, 2.05) is 0 Å². The molecule has 4 rings (SSSR count). The van der Waals surface area contributed by atoms with Crippen LogP contribution < -0.4 is 0 Å². The molecule has 0 heterocycles. The number of aliphatic hydroxyl groups is 2. The summed E-state index contributed by atoms with van der Waals surface area (Å²) in [6, 6.07) is 5.00. The van der Waals surface area contributed by atoms with Gasteiger partial charge in [0.2, 0.25) is 0 Å². The van der Waals surface area contributed by atoms with E-state index in [-0.39, 0.29) is 19.3 Å². The van der Waals surface area contributed by atoms with Crippen molar-refractivity contribution in [2.24, 2.45) is 17.3 Å². The topological polar surface area (TPSA) is 146 Å². The van der Waals surface area contributed by atoms with E-state index in [2.05, 4.69) is 0 Å². The van der Waals surface area contributed by atoms with Crippen molar-refractivity contribution in [1.29, 1.82) is 0 Å². The van der Waals surface area contributed by atoms with Gasteiger partial charge in [0.1, 0.15) is 5.41 Å². The van der Waals surface area contributed by atoms with Gasteiger partial charge in [0.05, 0.1) is 41.1 Å². The van der Waals surface area contributed by atoms with Crippen LogP contribution in [0, 0.1) is 17.3 Å². The molecule has 0 aromatic heterocycles. The van der Waals surface area contributed by atoms with Crippen molar-refractivity contribution in [3.63, 3.8) is 0 Å². The average molecular weight is 483 g/mol. The fraction of sp³-hybridized carbons (Fsp3) is 0.500. The summed E-state index contributed by atoms with van der Waals surface area (Å²) in [6.45, 7) is -1.32. The summed E-state index contributed by atoms with van der Waals surface area (Å²) in [5.74, 6) is -5.14. The minimum absolute atomic E-state index is 0.187. The van der Waals surface area contributed by atoms with Gasteiger partial charge in [-0.1, -0.05) is 29.8 Å². The van der Waals surface area contributed by atoms with Gasteiger partial charge in [-0.15, -0.1) is 0 Å². The van der Waals surface area contributed by atoms with Gasteiger partial charge in [-0.2, -0.15) is 0 Å². The van der Waals surface area contributed by atoms with E-state index in [0.29, 0.717) is 17.0 Å². The highest BCUT2D eigenvalue weighted by Crippen LogP contribution is 2.50. The normalized spacial score (nSPS) is 29.3. The number of hydrogen-bond donors (Lipinski definition) is 3. The van der Waals surface area contributed by atoms with Crippen LogP contribution in [0.2, 0.25) is 5.02 Å². The van der Waals surface area contributed by atoms with Crippen LogP contribution in [0.15, 0.2) is 29.8 Å². The highest BCUT2D eigenvalue weighted by atomic mass is 35.5. The van der Waals surface area contributed by atoms with E-state index < -0.39 is 73.9 Å². The minimum atomic E-state index is -4.03. The van der Waals surface area contributed by atoms with Crippen molar-refractivity contribution in [1.82, 2.24) is 0 Å². The van der Waals surface area contributed by atoms with Crippen LogP contribution in [0.25, 0.3) is 0 Å². The first-order valence-electron chi connectivity index (χ1n) is 10.4. The number of rotatable bonds is 5. The van der Waals surface area contributed by atoms with Gasteiger partial charge >= 0.3 is 5.97 Å². The van der Waals surface area contributed by atoms with Gasteiger partial charge in [0.15, 0.2) is 21.4 Å². The summed E-state index contributed by atoms with van der Waals surface area (Å²) in [4.78, 5) is 38.1. The van der Waals surface area contributed by atoms with Crippen molar-refractivity contribution in [2.45, 2.75) is 36.2 Å². The number of benzene rings is 1. The van der Waals surface area contributed by atoms with Gasteiger partial charge in [0, 0.05) is 5.02 Å². The van der Waals surface area contributed by atoms with Crippen molar-refractivity contribution in [3.05, 3.63) is 46.0 Å². The van der Waals surface area contributed by atoms with Crippen molar-refractivity contribution in [2.75, 3.05) is 13.2 Å². The van der Waals surface area contributed by atoms with Crippen LogP contribution >= 0.6 is 11.6 Å². The molecule has 1 aromatic rings. The lowest BCUT2D eigenvalue weighted by atomic mass is 9.72. The van der Waals surface area contributed by atoms with Crippen LogP contribution in [0.5, 0.6) is 0 Å². The summed E-state index contributed by atoms with van der Waals surface area (Å²) >= 11 is 6.20. The SMILES string of the molecule is O=C(O)C1=CC2(CCC1S(=O)(=O)C1CCc3c(Cl)cccc31)C(=O)[C@H](CO)[C@@H](CO)C2=O. The zero-order valence-electron chi connectivity index (χ0n) is 17.0. The van der Waals surface area contributed by atoms with Gasteiger partial charge in [-0.05, 0) is 42.9 Å². The number of allylic oxidation sites excluding steroid dienone is 1. The zero-order valence-corrected chi connectivity index (χ0v) is 18.6. The van der Waals surface area contributed by atoms with Gasteiger partial charge in [0.25, 0.3) is 0 Å². The number of aliphatic hydroxyl groups excluding tert-OH is 2. The highest BCUT2D eigenvalue weighted by molar-refractivity contribution is 7.92. The van der Waals surface area contributed by atoms with E-state index in [0.717, 1.165) is 11.6 Å². The molecule has 0 amide bonds. The van der Waals surface area contributed by atoms with E-state index >= 15 is 0 Å². The second kappa shape index (κ2) is 8.06. The average Bonchev–Trinajstić information content (AvgIpc) is 3.29. The molecule has 4 atom stereocenters. The number of carboxylic acids is 1. The van der Waals surface area contributed by atoms with Crippen molar-refractivity contribution in [3.8, 4) is 0 Å². The fourth-order valence-corrected chi connectivity index (χ4v) is 8.22. The van der Waals surface area contributed by atoms with E-state index in [9.17, 15) is 38.1 Å². The van der Waals surface area contributed by atoms with Crippen LogP contribution in [0.1, 0.15) is 35.6 Å². The molecule has 3 aliphatic rings. The number of carbonyl (C=O) groups is 3. The van der Waals surface area contributed by atoms with Crippen LogP contribution in [-0.2, 0) is 30.6 Å². The Morgan fingerprint density at radius 1 is 1.06 bits per heavy atom. The maximum absolute atomic E-state index is 13.6. The maximum atomic E-state index is 13.6. The first kappa shape index (κ1) is 23.1. The predicted molar refractivity (Wildman–Crippen MR) is 114 cm³/mol. The first-order valence-corrected chi connectivity index (χ1v) is 12.3. The summed E-state index contributed by atoms with van der Waals surface area (Å²) in [6.07, 6.45) is 1.29. The number of halogens is 1. The van der Waals surface area contributed by atoms with Gasteiger partial charge in [-0.3, -0.25) is 9.59 Å². The fourth-order valence-electron chi connectivity index (χ4n) is 5.55. The molecule has 1 fully saturated rings. The Kier molecular flexibility index (Phi) is 5.82. The molecular weight excluding hydrogens is 460 g/mol. The standard InChI is InChI=1S/C22H23ClO8S/c23-16-3-1-2-12-11(16)4-5-17(12)32(30,31)18-6-7-22(8-13(18)21(28)29)19(26)14(9-24)15(10-25)20(22)27/h1-3,8,14-15,17-18,24-25H,4-7,9-10H2,(H,28,29)/t14-,15-,17?,18?/m1/s1. The second-order valence-corrected chi connectivity index (χ2v) is 11.4. The smallest absolute Gasteiger partial charge is 0.332 e. The lowest BCUT2D eigenvalue weighted by Gasteiger charge is -2.33. The second-order valence-electron chi connectivity index (χ2n) is 8.63. The molecular formula is C22H23ClO8S. The number of aliphatic carboxylic acids is 1. The molecule has 1 spiro atoms. The molecule has 0 aliphatic heterocycles. The summed E-state index contributed by atoms with van der Waals surface area (Å²) in [5, 5.41) is 27.1. The summed E-state index contributed by atoms with van der Waals surface area (Å²) in [5.41, 5.74) is -1.06. The Hall–Kier alpha value is -2.07. The Labute approximate surface area is 189 Å². The van der Waals surface area contributed by atoms with Gasteiger partial charge < -0.3 is 15.3 Å². The van der Waals surface area contributed by atoms with Crippen LogP contribution in [-0.4, -0.2) is 59.7 Å². The van der Waals surface area contributed by atoms with E-state index in [4.69, 9.17) is 11.6 Å². The molecule has 10 heteroatoms. The largest absolute Gasteiger partial charge is 0.478 e. The molecule has 1 saturated carbocycles. The number of carboxylic acid groups (broad SMARTS) is 1. The highest BCUT2D eigenvalue weighted by Gasteiger charge is 2.61. The van der Waals surface area contributed by atoms with E-state index in [1.165, 1.54) is 0 Å². The van der Waals surface area contributed by atoms with Crippen molar-refractivity contribution < 1.29 is 38.1 Å². The zero-order chi connectivity index (χ0) is 23.4. The van der Waals surface area contributed by atoms with Crippen LogP contribution in [0.4, 0.5) is 0 Å². The third-order valence-corrected chi connectivity index (χ3v) is 10.1. The summed E-state index contributed by atoms with van der Waals surface area (Å²) in [7, 11) is -4.03. The number of sulfone groups is 1. The predicted octanol–water partition coefficient (Wildman–Crippen LogP) is 1.27. The molecule has 0 bridgehead atoms. The van der Waals surface area contributed by atoms with Crippen molar-refractivity contribution >= 4 is 39.0 Å². The minimum Gasteiger partial charge on any atom is -0.478 e. The molecule has 32 heavy (non-hydrogen) atoms. The van der Waals surface area contributed by atoms with E-state index in [1.54, 1.807) is 18.2 Å². The quantitative estimate of drug-likeness (QED) is 0.532. The Bertz CT molecular complexity index is 1120. The molecule has 1 aromatic carbocycles. The maximum Gasteiger partial charge on any atom is 0.332 e. The Morgan fingerprint density at radius 3 is 2.25 bits per heavy atom. The number of ketones is 2. The lowest BCUT2D eigenvalue weighted by Crippen LogP contribution is -2.43. The first-order chi connectivity index (χ1) is 15.1. The molecule has 3 N–H and O–H groups in total. The Morgan fingerprint density at radius 2 is 1.69 bits per heavy atom.